The minimum absolute atomic E-state index is 0.313. The highest BCUT2D eigenvalue weighted by molar-refractivity contribution is 7.10. The van der Waals surface area contributed by atoms with Crippen molar-refractivity contribution in [3.8, 4) is 23.0 Å². The molecule has 0 spiro atoms. The fraction of sp³-hybridized carbons (Fsp3) is 0.190. The topological polar surface area (TPSA) is 94.8 Å². The van der Waals surface area contributed by atoms with E-state index in [0.717, 1.165) is 29.3 Å². The number of para-hydroxylation sites is 1. The van der Waals surface area contributed by atoms with Gasteiger partial charge in [-0.1, -0.05) is 36.4 Å². The number of nitrogens with one attached hydrogen (secondary N) is 1. The van der Waals surface area contributed by atoms with Crippen molar-refractivity contribution in [2.24, 2.45) is 0 Å². The monoisotopic (exact) mass is 420 g/mol. The highest BCUT2D eigenvalue weighted by Crippen LogP contribution is 2.25. The summed E-state index contributed by atoms with van der Waals surface area (Å²) in [6.07, 6.45) is 0.980. The first-order chi connectivity index (χ1) is 14.6. The summed E-state index contributed by atoms with van der Waals surface area (Å²) in [7, 11) is 1.52. The Morgan fingerprint density at radius 2 is 1.93 bits per heavy atom. The smallest absolute Gasteiger partial charge is 0.261 e. The van der Waals surface area contributed by atoms with Gasteiger partial charge in [-0.2, -0.15) is 9.36 Å². The molecule has 0 saturated heterocycles. The SMILES string of the molecule is CCc1ccc(-n2nnc(-c3nsc(NC(=O)c4ccccc4OC)n3)c2C)cc1. The predicted molar refractivity (Wildman–Crippen MR) is 115 cm³/mol. The number of methoxy groups -OCH3 is 1. The van der Waals surface area contributed by atoms with Gasteiger partial charge in [0.25, 0.3) is 5.91 Å². The summed E-state index contributed by atoms with van der Waals surface area (Å²) in [4.78, 5) is 17.0. The predicted octanol–water partition coefficient (Wildman–Crippen LogP) is 3.92. The molecule has 152 valence electrons. The Bertz CT molecular complexity index is 1180. The minimum atomic E-state index is -0.313. The van der Waals surface area contributed by atoms with E-state index in [9.17, 15) is 4.79 Å². The number of amides is 1. The molecule has 9 heteroatoms. The highest BCUT2D eigenvalue weighted by Gasteiger charge is 2.19. The Hall–Kier alpha value is -3.59. The molecule has 2 aromatic carbocycles. The van der Waals surface area contributed by atoms with Crippen LogP contribution in [0.1, 0.15) is 28.5 Å². The number of aryl methyl sites for hydroxylation is 1. The summed E-state index contributed by atoms with van der Waals surface area (Å²) in [5.41, 5.74) is 3.99. The third kappa shape index (κ3) is 3.79. The van der Waals surface area contributed by atoms with Crippen molar-refractivity contribution in [1.82, 2.24) is 24.4 Å². The number of aromatic nitrogens is 5. The Kier molecular flexibility index (Phi) is 5.53. The number of benzene rings is 2. The Morgan fingerprint density at radius 1 is 1.17 bits per heavy atom. The zero-order chi connectivity index (χ0) is 21.1. The first-order valence-corrected chi connectivity index (χ1v) is 10.2. The third-order valence-electron chi connectivity index (χ3n) is 4.69. The minimum Gasteiger partial charge on any atom is -0.496 e. The molecule has 8 nitrogen and oxygen atoms in total. The van der Waals surface area contributed by atoms with E-state index in [-0.39, 0.29) is 5.91 Å². The summed E-state index contributed by atoms with van der Waals surface area (Å²) < 4.78 is 11.3. The summed E-state index contributed by atoms with van der Waals surface area (Å²) >= 11 is 1.09. The zero-order valence-corrected chi connectivity index (χ0v) is 17.6. The fourth-order valence-electron chi connectivity index (χ4n) is 3.02. The highest BCUT2D eigenvalue weighted by atomic mass is 32.1. The van der Waals surface area contributed by atoms with Gasteiger partial charge in [-0.05, 0) is 43.2 Å². The van der Waals surface area contributed by atoms with Crippen LogP contribution in [0.2, 0.25) is 0 Å². The van der Waals surface area contributed by atoms with Gasteiger partial charge in [0.2, 0.25) is 5.13 Å². The molecule has 0 aliphatic rings. The molecule has 0 atom stereocenters. The summed E-state index contributed by atoms with van der Waals surface area (Å²) in [6, 6.07) is 15.2. The molecule has 0 saturated carbocycles. The second-order valence-electron chi connectivity index (χ2n) is 6.53. The van der Waals surface area contributed by atoms with Gasteiger partial charge < -0.3 is 4.74 Å². The molecule has 4 rings (SSSR count). The maximum atomic E-state index is 12.6. The van der Waals surface area contributed by atoms with Gasteiger partial charge >= 0.3 is 0 Å². The van der Waals surface area contributed by atoms with Gasteiger partial charge in [0, 0.05) is 11.5 Å². The van der Waals surface area contributed by atoms with Gasteiger partial charge in [0.15, 0.2) is 11.5 Å². The number of anilines is 1. The molecule has 1 amide bonds. The largest absolute Gasteiger partial charge is 0.496 e. The lowest BCUT2D eigenvalue weighted by Crippen LogP contribution is -2.12. The number of rotatable bonds is 6. The van der Waals surface area contributed by atoms with E-state index in [1.807, 2.05) is 19.1 Å². The van der Waals surface area contributed by atoms with Crippen LogP contribution >= 0.6 is 11.5 Å². The van der Waals surface area contributed by atoms with Crippen LogP contribution in [-0.2, 0) is 6.42 Å². The van der Waals surface area contributed by atoms with Crippen LogP contribution in [0.3, 0.4) is 0 Å². The number of nitrogens with zero attached hydrogens (tertiary/aromatic N) is 5. The maximum Gasteiger partial charge on any atom is 0.261 e. The third-order valence-corrected chi connectivity index (χ3v) is 5.32. The van der Waals surface area contributed by atoms with Crippen LogP contribution in [0.4, 0.5) is 5.13 Å². The van der Waals surface area contributed by atoms with Crippen LogP contribution in [0.25, 0.3) is 17.2 Å². The maximum absolute atomic E-state index is 12.6. The van der Waals surface area contributed by atoms with E-state index in [1.54, 1.807) is 28.9 Å². The fourth-order valence-corrected chi connectivity index (χ4v) is 3.59. The molecule has 30 heavy (non-hydrogen) atoms. The van der Waals surface area contributed by atoms with Crippen LogP contribution < -0.4 is 10.1 Å². The van der Waals surface area contributed by atoms with Crippen molar-refractivity contribution in [3.63, 3.8) is 0 Å². The number of hydrogen-bond donors (Lipinski definition) is 1. The lowest BCUT2D eigenvalue weighted by molar-refractivity contribution is 0.102. The molecule has 1 N–H and O–H groups in total. The lowest BCUT2D eigenvalue weighted by Gasteiger charge is -2.06. The second-order valence-corrected chi connectivity index (χ2v) is 7.28. The number of ether oxygens (including phenoxy) is 1. The Morgan fingerprint density at radius 3 is 2.67 bits per heavy atom. The van der Waals surface area contributed by atoms with Crippen molar-refractivity contribution < 1.29 is 9.53 Å². The van der Waals surface area contributed by atoms with Gasteiger partial charge in [-0.25, -0.2) is 4.68 Å². The molecular formula is C21H20N6O2S. The summed E-state index contributed by atoms with van der Waals surface area (Å²) in [5, 5.41) is 11.6. The molecule has 0 radical (unpaired) electrons. The van der Waals surface area contributed by atoms with E-state index >= 15 is 0 Å². The van der Waals surface area contributed by atoms with E-state index < -0.39 is 0 Å². The van der Waals surface area contributed by atoms with Gasteiger partial charge in [0.1, 0.15) is 5.75 Å². The first kappa shape index (κ1) is 19.7. The van der Waals surface area contributed by atoms with Crippen LogP contribution in [0.15, 0.2) is 48.5 Å². The van der Waals surface area contributed by atoms with Crippen LogP contribution in [-0.4, -0.2) is 37.4 Å². The van der Waals surface area contributed by atoms with E-state index in [0.29, 0.717) is 28.0 Å². The number of carbonyl (C=O) groups is 1. The van der Waals surface area contributed by atoms with Gasteiger partial charge in [-0.3, -0.25) is 10.1 Å². The zero-order valence-electron chi connectivity index (χ0n) is 16.8. The molecule has 4 aromatic rings. The summed E-state index contributed by atoms with van der Waals surface area (Å²) in [5.74, 6) is 0.600. The molecule has 0 fully saturated rings. The average molecular weight is 420 g/mol. The normalized spacial score (nSPS) is 10.8. The van der Waals surface area contributed by atoms with E-state index in [1.165, 1.54) is 12.7 Å². The Balaban J connectivity index is 1.55. The quantitative estimate of drug-likeness (QED) is 0.508. The van der Waals surface area contributed by atoms with Crippen molar-refractivity contribution >= 4 is 22.6 Å². The second kappa shape index (κ2) is 8.42. The van der Waals surface area contributed by atoms with Crippen molar-refractivity contribution in [1.29, 1.82) is 0 Å². The van der Waals surface area contributed by atoms with Crippen molar-refractivity contribution in [2.75, 3.05) is 12.4 Å². The van der Waals surface area contributed by atoms with Crippen LogP contribution in [0, 0.1) is 6.92 Å². The molecule has 0 aliphatic heterocycles. The number of hydrogen-bond acceptors (Lipinski definition) is 7. The molecule has 2 heterocycles. The average Bonchev–Trinajstić information content (AvgIpc) is 3.40. The van der Waals surface area contributed by atoms with E-state index in [4.69, 9.17) is 4.74 Å². The summed E-state index contributed by atoms with van der Waals surface area (Å²) in [6.45, 7) is 4.03. The Labute approximate surface area is 177 Å². The molecule has 2 aromatic heterocycles. The van der Waals surface area contributed by atoms with Gasteiger partial charge in [-0.15, -0.1) is 5.10 Å². The standard InChI is InChI=1S/C21H20N6O2S/c1-4-14-9-11-15(12-10-14)27-13(2)18(24-26-27)19-22-21(30-25-19)23-20(28)16-7-5-6-8-17(16)29-3/h5-12H,4H2,1-3H3,(H,22,23,25,28). The lowest BCUT2D eigenvalue weighted by atomic mass is 10.1. The van der Waals surface area contributed by atoms with Gasteiger partial charge in [0.05, 0.1) is 24.1 Å². The molecular weight excluding hydrogens is 400 g/mol. The van der Waals surface area contributed by atoms with Crippen molar-refractivity contribution in [2.45, 2.75) is 20.3 Å². The number of carbonyl (C=O) groups excluding carboxylic acids is 1. The van der Waals surface area contributed by atoms with E-state index in [2.05, 4.69) is 44.0 Å². The first-order valence-electron chi connectivity index (χ1n) is 9.40. The molecule has 0 bridgehead atoms. The van der Waals surface area contributed by atoms with Crippen LogP contribution in [0.5, 0.6) is 5.75 Å². The molecule has 0 unspecified atom stereocenters. The molecule has 0 aliphatic carbocycles. The van der Waals surface area contributed by atoms with Crippen molar-refractivity contribution in [3.05, 3.63) is 65.4 Å².